The van der Waals surface area contributed by atoms with Crippen LogP contribution in [0.25, 0.3) is 10.8 Å². The SMILES string of the molecule is O=C(O)CCSc1nnc(-c2ccc([N+](=O)[O-])o2)s1. The zero-order valence-electron chi connectivity index (χ0n) is 9.31. The number of thioether (sulfide) groups is 1. The molecule has 0 bridgehead atoms. The molecule has 0 saturated carbocycles. The fourth-order valence-electron chi connectivity index (χ4n) is 1.13. The van der Waals surface area contributed by atoms with Gasteiger partial charge in [0.1, 0.15) is 4.92 Å². The molecule has 0 aliphatic carbocycles. The van der Waals surface area contributed by atoms with E-state index in [4.69, 9.17) is 9.52 Å². The molecule has 2 heterocycles. The highest BCUT2D eigenvalue weighted by Gasteiger charge is 2.16. The highest BCUT2D eigenvalue weighted by atomic mass is 32.2. The minimum absolute atomic E-state index is 0.0335. The zero-order chi connectivity index (χ0) is 13.8. The van der Waals surface area contributed by atoms with Gasteiger partial charge in [0.15, 0.2) is 15.1 Å². The van der Waals surface area contributed by atoms with Crippen LogP contribution in [0.3, 0.4) is 0 Å². The third-order valence-corrected chi connectivity index (χ3v) is 4.00. The topological polar surface area (TPSA) is 119 Å². The van der Waals surface area contributed by atoms with Gasteiger partial charge < -0.3 is 9.52 Å². The van der Waals surface area contributed by atoms with Gasteiger partial charge in [0.2, 0.25) is 0 Å². The summed E-state index contributed by atoms with van der Waals surface area (Å²) in [6, 6.07) is 2.69. The first-order valence-electron chi connectivity index (χ1n) is 4.99. The lowest BCUT2D eigenvalue weighted by Crippen LogP contribution is -1.95. The Hall–Kier alpha value is -1.94. The zero-order valence-corrected chi connectivity index (χ0v) is 10.9. The predicted molar refractivity (Wildman–Crippen MR) is 67.2 cm³/mol. The van der Waals surface area contributed by atoms with Crippen molar-refractivity contribution < 1.29 is 19.2 Å². The minimum Gasteiger partial charge on any atom is -0.481 e. The highest BCUT2D eigenvalue weighted by Crippen LogP contribution is 2.32. The maximum absolute atomic E-state index is 10.5. The Balaban J connectivity index is 2.03. The summed E-state index contributed by atoms with van der Waals surface area (Å²) in [5.41, 5.74) is 0. The summed E-state index contributed by atoms with van der Waals surface area (Å²) in [5.74, 6) is -0.569. The van der Waals surface area contributed by atoms with E-state index in [2.05, 4.69) is 10.2 Å². The molecule has 2 aromatic heterocycles. The van der Waals surface area contributed by atoms with Gasteiger partial charge in [0.25, 0.3) is 0 Å². The van der Waals surface area contributed by atoms with Crippen LogP contribution in [-0.2, 0) is 4.79 Å². The lowest BCUT2D eigenvalue weighted by Gasteiger charge is -1.91. The van der Waals surface area contributed by atoms with Crippen molar-refractivity contribution >= 4 is 35.0 Å². The number of rotatable bonds is 6. The Labute approximate surface area is 114 Å². The largest absolute Gasteiger partial charge is 0.481 e. The third-order valence-electron chi connectivity index (χ3n) is 1.93. The van der Waals surface area contributed by atoms with E-state index < -0.39 is 10.9 Å². The molecule has 0 fully saturated rings. The minimum atomic E-state index is -0.876. The number of carboxylic acid groups (broad SMARTS) is 1. The smallest absolute Gasteiger partial charge is 0.433 e. The van der Waals surface area contributed by atoms with Gasteiger partial charge in [0, 0.05) is 5.75 Å². The number of nitrogens with zero attached hydrogens (tertiary/aromatic N) is 3. The van der Waals surface area contributed by atoms with Crippen molar-refractivity contribution in [1.82, 2.24) is 10.2 Å². The van der Waals surface area contributed by atoms with Gasteiger partial charge in [-0.15, -0.1) is 10.2 Å². The monoisotopic (exact) mass is 301 g/mol. The summed E-state index contributed by atoms with van der Waals surface area (Å²) in [4.78, 5) is 20.2. The van der Waals surface area contributed by atoms with E-state index in [0.717, 1.165) is 0 Å². The molecule has 8 nitrogen and oxygen atoms in total. The molecule has 100 valence electrons. The molecule has 0 spiro atoms. The number of carboxylic acids is 1. The van der Waals surface area contributed by atoms with Crippen molar-refractivity contribution in [3.05, 3.63) is 22.2 Å². The second-order valence-electron chi connectivity index (χ2n) is 3.26. The molecule has 2 aromatic rings. The van der Waals surface area contributed by atoms with Gasteiger partial charge in [-0.3, -0.25) is 14.9 Å². The van der Waals surface area contributed by atoms with Gasteiger partial charge in [-0.1, -0.05) is 23.1 Å². The second-order valence-corrected chi connectivity index (χ2v) is 5.58. The number of hydrogen-bond acceptors (Lipinski definition) is 8. The first-order chi connectivity index (χ1) is 9.06. The molecule has 0 aliphatic heterocycles. The lowest BCUT2D eigenvalue weighted by molar-refractivity contribution is -0.401. The average Bonchev–Trinajstić information content (AvgIpc) is 2.95. The summed E-state index contributed by atoms with van der Waals surface area (Å²) in [7, 11) is 0. The molecular formula is C9H7N3O5S2. The molecule has 0 saturated heterocycles. The Morgan fingerprint density at radius 3 is 2.95 bits per heavy atom. The van der Waals surface area contributed by atoms with Crippen molar-refractivity contribution in [2.24, 2.45) is 0 Å². The van der Waals surface area contributed by atoms with Crippen molar-refractivity contribution in [3.63, 3.8) is 0 Å². The Bertz CT molecular complexity index is 609. The van der Waals surface area contributed by atoms with Gasteiger partial charge >= 0.3 is 11.9 Å². The fourth-order valence-corrected chi connectivity index (χ4v) is 2.95. The van der Waals surface area contributed by atoms with Crippen molar-refractivity contribution in [2.75, 3.05) is 5.75 Å². The Morgan fingerprint density at radius 2 is 2.32 bits per heavy atom. The molecule has 0 radical (unpaired) electrons. The van der Waals surface area contributed by atoms with Crippen molar-refractivity contribution in [2.45, 2.75) is 10.8 Å². The van der Waals surface area contributed by atoms with Crippen LogP contribution < -0.4 is 0 Å². The van der Waals surface area contributed by atoms with Crippen molar-refractivity contribution in [3.8, 4) is 10.8 Å². The van der Waals surface area contributed by atoms with Crippen LogP contribution in [0.4, 0.5) is 5.88 Å². The second kappa shape index (κ2) is 5.80. The van der Waals surface area contributed by atoms with Gasteiger partial charge in [-0.2, -0.15) is 0 Å². The van der Waals surface area contributed by atoms with Gasteiger partial charge in [-0.05, 0) is 6.07 Å². The quantitative estimate of drug-likeness (QED) is 0.490. The lowest BCUT2D eigenvalue weighted by atomic mass is 10.5. The molecular weight excluding hydrogens is 294 g/mol. The van der Waals surface area contributed by atoms with Crippen LogP contribution >= 0.6 is 23.1 Å². The Kier molecular flexibility index (Phi) is 4.12. The average molecular weight is 301 g/mol. The van der Waals surface area contributed by atoms with Crippen LogP contribution in [0, 0.1) is 10.1 Å². The van der Waals surface area contributed by atoms with Crippen LogP contribution in [0.1, 0.15) is 6.42 Å². The van der Waals surface area contributed by atoms with E-state index in [9.17, 15) is 14.9 Å². The van der Waals surface area contributed by atoms with E-state index in [1.807, 2.05) is 0 Å². The summed E-state index contributed by atoms with van der Waals surface area (Å²) >= 11 is 2.46. The number of furan rings is 1. The number of aromatic nitrogens is 2. The van der Waals surface area contributed by atoms with E-state index in [1.165, 1.54) is 35.2 Å². The molecule has 0 amide bonds. The summed E-state index contributed by atoms with van der Waals surface area (Å²) in [6.07, 6.45) is 0.0335. The predicted octanol–water partition coefficient (Wildman–Crippen LogP) is 2.27. The molecule has 19 heavy (non-hydrogen) atoms. The fraction of sp³-hybridized carbons (Fsp3) is 0.222. The molecule has 10 heteroatoms. The number of aliphatic carboxylic acids is 1. The first-order valence-corrected chi connectivity index (χ1v) is 6.79. The maximum atomic E-state index is 10.5. The standard InChI is InChI=1S/C9H7N3O5S2/c13-7(14)3-4-18-9-11-10-8(19-9)5-1-2-6(17-5)12(15)16/h1-2H,3-4H2,(H,13,14). The molecule has 0 aliphatic rings. The van der Waals surface area contributed by atoms with E-state index in [0.29, 0.717) is 15.1 Å². The van der Waals surface area contributed by atoms with Gasteiger partial charge in [0.05, 0.1) is 12.5 Å². The molecule has 0 unspecified atom stereocenters. The van der Waals surface area contributed by atoms with Crippen molar-refractivity contribution in [1.29, 1.82) is 0 Å². The molecule has 0 aromatic carbocycles. The summed E-state index contributed by atoms with van der Waals surface area (Å²) in [6.45, 7) is 0. The normalized spacial score (nSPS) is 10.5. The number of nitro groups is 1. The molecule has 2 rings (SSSR count). The van der Waals surface area contributed by atoms with Crippen LogP contribution in [0.5, 0.6) is 0 Å². The number of carbonyl (C=O) groups is 1. The van der Waals surface area contributed by atoms with Crippen LogP contribution in [-0.4, -0.2) is 31.9 Å². The highest BCUT2D eigenvalue weighted by molar-refractivity contribution is 8.01. The van der Waals surface area contributed by atoms with Gasteiger partial charge in [-0.25, -0.2) is 0 Å². The number of hydrogen-bond donors (Lipinski definition) is 1. The summed E-state index contributed by atoms with van der Waals surface area (Å²) in [5, 5.41) is 27.1. The van der Waals surface area contributed by atoms with Crippen LogP contribution in [0.2, 0.25) is 0 Å². The van der Waals surface area contributed by atoms with Crippen LogP contribution in [0.15, 0.2) is 20.9 Å². The Morgan fingerprint density at radius 1 is 1.53 bits per heavy atom. The summed E-state index contributed by atoms with van der Waals surface area (Å²) < 4.78 is 5.59. The van der Waals surface area contributed by atoms with E-state index >= 15 is 0 Å². The van der Waals surface area contributed by atoms with E-state index in [-0.39, 0.29) is 18.1 Å². The van der Waals surface area contributed by atoms with E-state index in [1.54, 1.807) is 0 Å². The molecule has 1 N–H and O–H groups in total. The third kappa shape index (κ3) is 3.51. The maximum Gasteiger partial charge on any atom is 0.433 e. The molecule has 0 atom stereocenters. The first kappa shape index (κ1) is 13.5.